The molecule has 9 heteroatoms. The number of nitrogens with zero attached hydrogens (tertiary/aromatic N) is 8. The summed E-state index contributed by atoms with van der Waals surface area (Å²) < 4.78 is 7.40. The molecule has 3 fully saturated rings. The number of piperidine rings is 1. The third kappa shape index (κ3) is 4.35. The Labute approximate surface area is 200 Å². The number of rotatable bonds is 4. The Balaban J connectivity index is 1.16. The molecule has 6 heterocycles. The molecule has 0 bridgehead atoms. The monoisotopic (exact) mass is 462 g/mol. The molecular formula is C25H34N8O. The van der Waals surface area contributed by atoms with E-state index in [1.807, 2.05) is 29.2 Å². The molecule has 0 radical (unpaired) electrons. The van der Waals surface area contributed by atoms with E-state index in [4.69, 9.17) is 9.72 Å². The average molecular weight is 463 g/mol. The van der Waals surface area contributed by atoms with Crippen LogP contribution in [0.2, 0.25) is 0 Å². The molecule has 3 aromatic heterocycles. The van der Waals surface area contributed by atoms with Crippen LogP contribution in [-0.4, -0.2) is 108 Å². The average Bonchev–Trinajstić information content (AvgIpc) is 3.33. The highest BCUT2D eigenvalue weighted by Gasteiger charge is 2.27. The van der Waals surface area contributed by atoms with Crippen LogP contribution in [0.25, 0.3) is 16.8 Å². The molecule has 6 rings (SSSR count). The smallest absolute Gasteiger partial charge is 0.162 e. The molecule has 0 saturated carbocycles. The topological polar surface area (TPSA) is 65.3 Å². The van der Waals surface area contributed by atoms with Gasteiger partial charge in [-0.05, 0) is 50.7 Å². The predicted molar refractivity (Wildman–Crippen MR) is 134 cm³/mol. The van der Waals surface area contributed by atoms with Gasteiger partial charge in [0.25, 0.3) is 0 Å². The van der Waals surface area contributed by atoms with Gasteiger partial charge in [0.15, 0.2) is 5.65 Å². The zero-order valence-corrected chi connectivity index (χ0v) is 20.0. The van der Waals surface area contributed by atoms with Crippen LogP contribution in [0, 0.1) is 0 Å². The maximum Gasteiger partial charge on any atom is 0.162 e. The lowest BCUT2D eigenvalue weighted by molar-refractivity contribution is 0.115. The Morgan fingerprint density at radius 3 is 2.47 bits per heavy atom. The lowest BCUT2D eigenvalue weighted by Gasteiger charge is -2.42. The Morgan fingerprint density at radius 2 is 1.68 bits per heavy atom. The molecule has 9 nitrogen and oxygen atoms in total. The first-order valence-corrected chi connectivity index (χ1v) is 12.5. The van der Waals surface area contributed by atoms with Crippen molar-refractivity contribution < 1.29 is 4.74 Å². The first-order chi connectivity index (χ1) is 16.7. The lowest BCUT2D eigenvalue weighted by Crippen LogP contribution is -2.53. The second kappa shape index (κ2) is 9.48. The van der Waals surface area contributed by atoms with Crippen LogP contribution in [-0.2, 0) is 4.74 Å². The van der Waals surface area contributed by atoms with Crippen LogP contribution in [0.1, 0.15) is 12.8 Å². The van der Waals surface area contributed by atoms with E-state index in [2.05, 4.69) is 49.0 Å². The zero-order valence-electron chi connectivity index (χ0n) is 20.0. The van der Waals surface area contributed by atoms with Crippen molar-refractivity contribution in [2.75, 3.05) is 82.4 Å². The molecule has 34 heavy (non-hydrogen) atoms. The van der Waals surface area contributed by atoms with E-state index in [-0.39, 0.29) is 0 Å². The van der Waals surface area contributed by atoms with Gasteiger partial charge in [-0.15, -0.1) is 0 Å². The summed E-state index contributed by atoms with van der Waals surface area (Å²) in [7, 11) is 2.23. The molecule has 0 aliphatic carbocycles. The molecule has 3 aliphatic heterocycles. The minimum atomic E-state index is 0.746. The summed E-state index contributed by atoms with van der Waals surface area (Å²) >= 11 is 0. The van der Waals surface area contributed by atoms with Gasteiger partial charge < -0.3 is 19.4 Å². The fourth-order valence-corrected chi connectivity index (χ4v) is 5.49. The first-order valence-electron chi connectivity index (χ1n) is 12.5. The summed E-state index contributed by atoms with van der Waals surface area (Å²) in [5.41, 5.74) is 4.16. The van der Waals surface area contributed by atoms with Crippen LogP contribution < -0.4 is 9.80 Å². The van der Waals surface area contributed by atoms with Gasteiger partial charge in [0, 0.05) is 57.1 Å². The first kappa shape index (κ1) is 21.8. The SMILES string of the molecule is CN1CCC(N2CCN(c3cnc4c(-c5ccnc(N6CCOCC6)c5)cnn4c3)CC2)CC1. The third-order valence-corrected chi connectivity index (χ3v) is 7.62. The highest BCUT2D eigenvalue weighted by atomic mass is 16.5. The molecule has 0 amide bonds. The molecule has 0 N–H and O–H groups in total. The summed E-state index contributed by atoms with van der Waals surface area (Å²) in [6.45, 7) is 10.0. The van der Waals surface area contributed by atoms with E-state index in [0.29, 0.717) is 0 Å². The minimum absolute atomic E-state index is 0.746. The van der Waals surface area contributed by atoms with E-state index < -0.39 is 0 Å². The highest BCUT2D eigenvalue weighted by molar-refractivity contribution is 5.78. The standard InChI is InChI=1S/C25H34N8O/c1-29-6-3-21(4-7-29)30-8-10-31(11-9-30)22-17-27-25-23(18-28-33(25)19-22)20-2-5-26-24(16-20)32-12-14-34-15-13-32/h2,5,16-19,21H,3-4,6-15H2,1H3. The van der Waals surface area contributed by atoms with Crippen molar-refractivity contribution in [3.05, 3.63) is 36.9 Å². The fraction of sp³-hybridized carbons (Fsp3) is 0.560. The number of anilines is 2. The van der Waals surface area contributed by atoms with Crippen molar-refractivity contribution >= 4 is 17.2 Å². The van der Waals surface area contributed by atoms with Crippen molar-refractivity contribution in [1.29, 1.82) is 0 Å². The zero-order chi connectivity index (χ0) is 22.9. The largest absolute Gasteiger partial charge is 0.378 e. The quantitative estimate of drug-likeness (QED) is 0.582. The molecule has 3 aliphatic rings. The van der Waals surface area contributed by atoms with Gasteiger partial charge in [0.05, 0.1) is 37.5 Å². The Bertz CT molecular complexity index is 1110. The molecule has 3 saturated heterocycles. The number of likely N-dealkylation sites (tertiary alicyclic amines) is 1. The van der Waals surface area contributed by atoms with Crippen molar-refractivity contribution in [2.24, 2.45) is 0 Å². The van der Waals surface area contributed by atoms with Gasteiger partial charge in [-0.25, -0.2) is 14.5 Å². The number of hydrogen-bond acceptors (Lipinski definition) is 8. The van der Waals surface area contributed by atoms with Crippen LogP contribution >= 0.6 is 0 Å². The van der Waals surface area contributed by atoms with Crippen molar-refractivity contribution in [3.8, 4) is 11.1 Å². The van der Waals surface area contributed by atoms with Gasteiger partial charge in [0.1, 0.15) is 5.82 Å². The van der Waals surface area contributed by atoms with Crippen molar-refractivity contribution in [1.82, 2.24) is 29.4 Å². The number of ether oxygens (including phenoxy) is 1. The number of pyridine rings is 1. The Kier molecular flexibility index (Phi) is 6.07. The van der Waals surface area contributed by atoms with Crippen molar-refractivity contribution in [3.63, 3.8) is 0 Å². The Hall–Kier alpha value is -2.75. The van der Waals surface area contributed by atoms with E-state index in [1.54, 1.807) is 0 Å². The molecule has 0 aromatic carbocycles. The lowest BCUT2D eigenvalue weighted by atomic mass is 10.0. The maximum absolute atomic E-state index is 5.48. The summed E-state index contributed by atoms with van der Waals surface area (Å²) in [5, 5.41) is 4.65. The summed E-state index contributed by atoms with van der Waals surface area (Å²) in [5.74, 6) is 0.985. The number of morpholine rings is 1. The van der Waals surface area contributed by atoms with Gasteiger partial charge in [-0.1, -0.05) is 0 Å². The van der Waals surface area contributed by atoms with Crippen LogP contribution in [0.3, 0.4) is 0 Å². The van der Waals surface area contributed by atoms with Crippen LogP contribution in [0.4, 0.5) is 11.5 Å². The second-order valence-electron chi connectivity index (χ2n) is 9.70. The summed E-state index contributed by atoms with van der Waals surface area (Å²) in [4.78, 5) is 19.3. The molecule has 3 aromatic rings. The van der Waals surface area contributed by atoms with E-state index in [0.717, 1.165) is 86.8 Å². The van der Waals surface area contributed by atoms with Crippen LogP contribution in [0.15, 0.2) is 36.9 Å². The molecular weight excluding hydrogens is 428 g/mol. The van der Waals surface area contributed by atoms with Crippen LogP contribution in [0.5, 0.6) is 0 Å². The van der Waals surface area contributed by atoms with Gasteiger partial charge in [-0.2, -0.15) is 5.10 Å². The number of aromatic nitrogens is 4. The van der Waals surface area contributed by atoms with Gasteiger partial charge >= 0.3 is 0 Å². The summed E-state index contributed by atoms with van der Waals surface area (Å²) in [6.07, 6.45) is 10.5. The third-order valence-electron chi connectivity index (χ3n) is 7.62. The van der Waals surface area contributed by atoms with Gasteiger partial charge in [0.2, 0.25) is 0 Å². The number of fused-ring (bicyclic) bond motifs is 1. The van der Waals surface area contributed by atoms with E-state index >= 15 is 0 Å². The Morgan fingerprint density at radius 1 is 0.882 bits per heavy atom. The number of hydrogen-bond donors (Lipinski definition) is 0. The summed E-state index contributed by atoms with van der Waals surface area (Å²) in [6, 6.07) is 4.93. The maximum atomic E-state index is 5.48. The van der Waals surface area contributed by atoms with E-state index in [1.165, 1.54) is 25.9 Å². The molecule has 180 valence electrons. The highest BCUT2D eigenvalue weighted by Crippen LogP contribution is 2.28. The second-order valence-corrected chi connectivity index (χ2v) is 9.70. The van der Waals surface area contributed by atoms with Crippen molar-refractivity contribution in [2.45, 2.75) is 18.9 Å². The van der Waals surface area contributed by atoms with E-state index in [9.17, 15) is 0 Å². The minimum Gasteiger partial charge on any atom is -0.378 e. The fourth-order valence-electron chi connectivity index (χ4n) is 5.49. The predicted octanol–water partition coefficient (Wildman–Crippen LogP) is 1.84. The molecule has 0 spiro atoms. The molecule has 0 unspecified atom stereocenters. The van der Waals surface area contributed by atoms with Gasteiger partial charge in [-0.3, -0.25) is 4.90 Å². The normalized spacial score (nSPS) is 21.4. The number of piperazine rings is 1. The molecule has 0 atom stereocenters.